The lowest BCUT2D eigenvalue weighted by atomic mass is 10.0. The molecule has 106 valence electrons. The van der Waals surface area contributed by atoms with Gasteiger partial charge in [0, 0.05) is 10.0 Å². The van der Waals surface area contributed by atoms with Crippen LogP contribution < -0.4 is 9.47 Å². The van der Waals surface area contributed by atoms with Crippen molar-refractivity contribution in [3.8, 4) is 11.5 Å². The van der Waals surface area contributed by atoms with Crippen LogP contribution in [-0.2, 0) is 6.61 Å². The van der Waals surface area contributed by atoms with Gasteiger partial charge < -0.3 is 9.47 Å². The smallest absolute Gasteiger partial charge is 0.161 e. The van der Waals surface area contributed by atoms with E-state index in [0.717, 1.165) is 21.5 Å². The quantitative estimate of drug-likeness (QED) is 0.786. The maximum Gasteiger partial charge on any atom is 0.161 e. The van der Waals surface area contributed by atoms with Crippen LogP contribution in [0.15, 0.2) is 34.8 Å². The zero-order chi connectivity index (χ0) is 14.7. The zero-order valence-electron chi connectivity index (χ0n) is 12.3. The van der Waals surface area contributed by atoms with E-state index in [2.05, 4.69) is 42.8 Å². The van der Waals surface area contributed by atoms with Crippen LogP contribution in [0.4, 0.5) is 0 Å². The molecule has 0 aromatic heterocycles. The van der Waals surface area contributed by atoms with Crippen molar-refractivity contribution in [2.75, 3.05) is 7.11 Å². The molecule has 2 nitrogen and oxygen atoms in total. The fourth-order valence-electron chi connectivity index (χ4n) is 2.13. The van der Waals surface area contributed by atoms with Gasteiger partial charge in [-0.1, -0.05) is 34.1 Å². The van der Waals surface area contributed by atoms with E-state index in [0.29, 0.717) is 6.61 Å². The summed E-state index contributed by atoms with van der Waals surface area (Å²) in [7, 11) is 1.65. The highest BCUT2D eigenvalue weighted by Crippen LogP contribution is 2.30. The molecule has 0 aliphatic heterocycles. The number of rotatable bonds is 4. The number of halogens is 1. The molecule has 0 saturated carbocycles. The molecule has 3 heteroatoms. The number of hydrogen-bond donors (Lipinski definition) is 0. The van der Waals surface area contributed by atoms with E-state index in [1.54, 1.807) is 7.11 Å². The molecule has 2 rings (SSSR count). The Morgan fingerprint density at radius 1 is 1.00 bits per heavy atom. The molecule has 0 unspecified atom stereocenters. The van der Waals surface area contributed by atoms with Gasteiger partial charge in [0.2, 0.25) is 0 Å². The maximum absolute atomic E-state index is 5.89. The van der Waals surface area contributed by atoms with Crippen LogP contribution in [0, 0.1) is 20.8 Å². The van der Waals surface area contributed by atoms with Gasteiger partial charge in [-0.25, -0.2) is 0 Å². The third-order valence-electron chi connectivity index (χ3n) is 3.61. The van der Waals surface area contributed by atoms with Gasteiger partial charge in [0.25, 0.3) is 0 Å². The van der Waals surface area contributed by atoms with Gasteiger partial charge >= 0.3 is 0 Å². The van der Waals surface area contributed by atoms with Gasteiger partial charge in [-0.15, -0.1) is 0 Å². The van der Waals surface area contributed by atoms with Crippen molar-refractivity contribution in [1.29, 1.82) is 0 Å². The molecule has 20 heavy (non-hydrogen) atoms. The highest BCUT2D eigenvalue weighted by Gasteiger charge is 2.10. The summed E-state index contributed by atoms with van der Waals surface area (Å²) in [4.78, 5) is 0. The Labute approximate surface area is 128 Å². The van der Waals surface area contributed by atoms with E-state index in [-0.39, 0.29) is 0 Å². The predicted octanol–water partition coefficient (Wildman–Crippen LogP) is 4.96. The second kappa shape index (κ2) is 6.31. The monoisotopic (exact) mass is 334 g/mol. The van der Waals surface area contributed by atoms with Gasteiger partial charge in [-0.05, 0) is 49.6 Å². The number of hydrogen-bond acceptors (Lipinski definition) is 2. The summed E-state index contributed by atoms with van der Waals surface area (Å²) in [5.41, 5.74) is 5.02. The van der Waals surface area contributed by atoms with Gasteiger partial charge in [0.05, 0.1) is 7.11 Å². The van der Waals surface area contributed by atoms with E-state index >= 15 is 0 Å². The number of benzene rings is 2. The van der Waals surface area contributed by atoms with Crippen molar-refractivity contribution in [1.82, 2.24) is 0 Å². The molecule has 0 aliphatic rings. The van der Waals surface area contributed by atoms with Crippen molar-refractivity contribution in [3.63, 3.8) is 0 Å². The highest BCUT2D eigenvalue weighted by molar-refractivity contribution is 9.10. The number of methoxy groups -OCH3 is 1. The Morgan fingerprint density at radius 3 is 2.30 bits per heavy atom. The van der Waals surface area contributed by atoms with Crippen LogP contribution in [0.5, 0.6) is 11.5 Å². The van der Waals surface area contributed by atoms with E-state index in [4.69, 9.17) is 9.47 Å². The SMILES string of the molecule is COc1ccccc1OCc1cc(C)c(C)c(C)c1Br. The average molecular weight is 335 g/mol. The fourth-order valence-corrected chi connectivity index (χ4v) is 2.66. The Morgan fingerprint density at radius 2 is 1.65 bits per heavy atom. The molecule has 0 heterocycles. The molecule has 0 saturated heterocycles. The summed E-state index contributed by atoms with van der Waals surface area (Å²) >= 11 is 3.66. The summed E-state index contributed by atoms with van der Waals surface area (Å²) in [5, 5.41) is 0. The Bertz CT molecular complexity index is 621. The minimum absolute atomic E-state index is 0.517. The van der Waals surface area contributed by atoms with Gasteiger partial charge in [-0.3, -0.25) is 0 Å². The van der Waals surface area contributed by atoms with Crippen LogP contribution in [0.3, 0.4) is 0 Å². The molecule has 0 radical (unpaired) electrons. The second-order valence-electron chi connectivity index (χ2n) is 4.86. The third-order valence-corrected chi connectivity index (χ3v) is 4.71. The summed E-state index contributed by atoms with van der Waals surface area (Å²) in [6.07, 6.45) is 0. The minimum atomic E-state index is 0.517. The minimum Gasteiger partial charge on any atom is -0.493 e. The molecular formula is C17H19BrO2. The van der Waals surface area contributed by atoms with E-state index in [1.807, 2.05) is 24.3 Å². The summed E-state index contributed by atoms with van der Waals surface area (Å²) in [5.74, 6) is 1.52. The van der Waals surface area contributed by atoms with Crippen molar-refractivity contribution < 1.29 is 9.47 Å². The first-order valence-corrected chi connectivity index (χ1v) is 7.35. The lowest BCUT2D eigenvalue weighted by Gasteiger charge is -2.15. The van der Waals surface area contributed by atoms with Crippen molar-refractivity contribution in [2.24, 2.45) is 0 Å². The van der Waals surface area contributed by atoms with Crippen LogP contribution in [0.2, 0.25) is 0 Å². The lowest BCUT2D eigenvalue weighted by Crippen LogP contribution is -2.01. The molecular weight excluding hydrogens is 316 g/mol. The Kier molecular flexibility index (Phi) is 4.71. The topological polar surface area (TPSA) is 18.5 Å². The summed E-state index contributed by atoms with van der Waals surface area (Å²) < 4.78 is 12.3. The third kappa shape index (κ3) is 2.98. The lowest BCUT2D eigenvalue weighted by molar-refractivity contribution is 0.284. The summed E-state index contributed by atoms with van der Waals surface area (Å²) in [6.45, 7) is 6.91. The largest absolute Gasteiger partial charge is 0.493 e. The first kappa shape index (κ1) is 14.9. The van der Waals surface area contributed by atoms with Crippen LogP contribution in [0.1, 0.15) is 22.3 Å². The van der Waals surface area contributed by atoms with Gasteiger partial charge in [0.1, 0.15) is 6.61 Å². The standard InChI is InChI=1S/C17H19BrO2/c1-11-9-14(17(18)13(3)12(11)2)10-20-16-8-6-5-7-15(16)19-4/h5-9H,10H2,1-4H3. The molecule has 2 aromatic carbocycles. The number of ether oxygens (including phenoxy) is 2. The number of aryl methyl sites for hydroxylation is 1. The molecule has 0 fully saturated rings. The van der Waals surface area contributed by atoms with Crippen LogP contribution >= 0.6 is 15.9 Å². The first-order chi connectivity index (χ1) is 9.54. The highest BCUT2D eigenvalue weighted by atomic mass is 79.9. The van der Waals surface area contributed by atoms with E-state index < -0.39 is 0 Å². The Hall–Kier alpha value is -1.48. The number of para-hydroxylation sites is 2. The fraction of sp³-hybridized carbons (Fsp3) is 0.294. The van der Waals surface area contributed by atoms with Crippen LogP contribution in [-0.4, -0.2) is 7.11 Å². The predicted molar refractivity (Wildman–Crippen MR) is 85.7 cm³/mol. The molecule has 0 amide bonds. The summed E-state index contributed by atoms with van der Waals surface area (Å²) in [6, 6.07) is 9.86. The van der Waals surface area contributed by atoms with Gasteiger partial charge in [0.15, 0.2) is 11.5 Å². The van der Waals surface area contributed by atoms with Crippen molar-refractivity contribution in [2.45, 2.75) is 27.4 Å². The van der Waals surface area contributed by atoms with E-state index in [1.165, 1.54) is 16.7 Å². The van der Waals surface area contributed by atoms with Crippen LogP contribution in [0.25, 0.3) is 0 Å². The molecule has 0 aliphatic carbocycles. The molecule has 0 bridgehead atoms. The maximum atomic E-state index is 5.89. The molecule has 0 spiro atoms. The molecule has 0 atom stereocenters. The van der Waals surface area contributed by atoms with Gasteiger partial charge in [-0.2, -0.15) is 0 Å². The van der Waals surface area contributed by atoms with E-state index in [9.17, 15) is 0 Å². The zero-order valence-corrected chi connectivity index (χ0v) is 13.9. The van der Waals surface area contributed by atoms with Crippen molar-refractivity contribution >= 4 is 15.9 Å². The van der Waals surface area contributed by atoms with Crippen molar-refractivity contribution in [3.05, 3.63) is 57.1 Å². The normalized spacial score (nSPS) is 10.4. The Balaban J connectivity index is 2.23. The average Bonchev–Trinajstić information content (AvgIpc) is 2.47. The second-order valence-corrected chi connectivity index (χ2v) is 5.65. The molecule has 2 aromatic rings. The molecule has 0 N–H and O–H groups in total. The first-order valence-electron chi connectivity index (χ1n) is 6.55.